The molecule has 0 aromatic carbocycles. The average Bonchev–Trinajstić information content (AvgIpc) is 2.04. The Labute approximate surface area is 81.4 Å². The van der Waals surface area contributed by atoms with Crippen LogP contribution in [0.15, 0.2) is 12.3 Å². The van der Waals surface area contributed by atoms with Crippen molar-refractivity contribution in [2.45, 2.75) is 19.8 Å². The predicted molar refractivity (Wildman–Crippen MR) is 50.3 cm³/mol. The maximum atomic E-state index is 10.7. The summed E-state index contributed by atoms with van der Waals surface area (Å²) in [6.07, 6.45) is 1.60. The molecule has 0 aliphatic rings. The second-order valence-electron chi connectivity index (χ2n) is 3.07. The Bertz CT molecular complexity index is 336. The van der Waals surface area contributed by atoms with E-state index in [4.69, 9.17) is 16.7 Å². The van der Waals surface area contributed by atoms with Crippen LogP contribution in [0, 0.1) is 0 Å². The number of aromatic nitrogens is 1. The summed E-state index contributed by atoms with van der Waals surface area (Å²) in [7, 11) is 0. The molecular formula is C9H10ClNO2. The van der Waals surface area contributed by atoms with E-state index in [1.165, 1.54) is 0 Å². The Hall–Kier alpha value is -1.09. The molecule has 0 saturated heterocycles. The van der Waals surface area contributed by atoms with Gasteiger partial charge in [0.1, 0.15) is 5.15 Å². The summed E-state index contributed by atoms with van der Waals surface area (Å²) in [5.74, 6) is -0.789. The van der Waals surface area contributed by atoms with E-state index in [2.05, 4.69) is 4.98 Å². The summed E-state index contributed by atoms with van der Waals surface area (Å²) in [4.78, 5) is 14.5. The largest absolute Gasteiger partial charge is 0.478 e. The number of pyridine rings is 1. The van der Waals surface area contributed by atoms with E-state index >= 15 is 0 Å². The Kier molecular flexibility index (Phi) is 2.88. The lowest BCUT2D eigenvalue weighted by Crippen LogP contribution is -2.01. The van der Waals surface area contributed by atoms with E-state index in [9.17, 15) is 4.79 Å². The van der Waals surface area contributed by atoms with Crippen molar-refractivity contribution in [2.24, 2.45) is 0 Å². The van der Waals surface area contributed by atoms with Crippen LogP contribution < -0.4 is 0 Å². The number of hydrogen-bond donors (Lipinski definition) is 1. The van der Waals surface area contributed by atoms with E-state index in [1.54, 1.807) is 12.3 Å². The first-order valence-electron chi connectivity index (χ1n) is 3.91. The molecule has 70 valence electrons. The molecule has 4 heteroatoms. The summed E-state index contributed by atoms with van der Waals surface area (Å²) >= 11 is 5.60. The van der Waals surface area contributed by atoms with Crippen LogP contribution >= 0.6 is 11.6 Å². The molecule has 0 aliphatic heterocycles. The molecule has 0 atom stereocenters. The summed E-state index contributed by atoms with van der Waals surface area (Å²) < 4.78 is 0. The predicted octanol–water partition coefficient (Wildman–Crippen LogP) is 2.56. The minimum absolute atomic E-state index is 0.0388. The van der Waals surface area contributed by atoms with Gasteiger partial charge in [-0.15, -0.1) is 0 Å². The Balaban J connectivity index is 3.19. The zero-order valence-corrected chi connectivity index (χ0v) is 8.17. The topological polar surface area (TPSA) is 50.2 Å². The lowest BCUT2D eigenvalue weighted by Gasteiger charge is -2.05. The van der Waals surface area contributed by atoms with Gasteiger partial charge >= 0.3 is 5.97 Å². The molecule has 0 spiro atoms. The van der Waals surface area contributed by atoms with Crippen molar-refractivity contribution in [3.05, 3.63) is 28.5 Å². The fourth-order valence-corrected chi connectivity index (χ4v) is 1.11. The molecule has 1 aromatic rings. The van der Waals surface area contributed by atoms with Crippen LogP contribution in [-0.2, 0) is 0 Å². The van der Waals surface area contributed by atoms with Gasteiger partial charge in [-0.3, -0.25) is 0 Å². The minimum Gasteiger partial charge on any atom is -0.478 e. The number of carboxylic acids is 1. The van der Waals surface area contributed by atoms with E-state index in [0.29, 0.717) is 0 Å². The van der Waals surface area contributed by atoms with E-state index in [0.717, 1.165) is 5.56 Å². The number of hydrogen-bond acceptors (Lipinski definition) is 2. The van der Waals surface area contributed by atoms with Crippen LogP contribution in [0.2, 0.25) is 5.15 Å². The molecule has 0 saturated carbocycles. The average molecular weight is 200 g/mol. The van der Waals surface area contributed by atoms with Crippen LogP contribution in [-0.4, -0.2) is 16.1 Å². The van der Waals surface area contributed by atoms with Gasteiger partial charge in [0.25, 0.3) is 0 Å². The lowest BCUT2D eigenvalue weighted by atomic mass is 10.0. The molecule has 1 aromatic heterocycles. The van der Waals surface area contributed by atoms with E-state index in [-0.39, 0.29) is 16.6 Å². The van der Waals surface area contributed by atoms with Crippen molar-refractivity contribution < 1.29 is 9.90 Å². The maximum Gasteiger partial charge on any atom is 0.338 e. The van der Waals surface area contributed by atoms with Crippen LogP contribution in [0.3, 0.4) is 0 Å². The molecule has 0 unspecified atom stereocenters. The van der Waals surface area contributed by atoms with Crippen LogP contribution in [0.4, 0.5) is 0 Å². The number of carbonyl (C=O) groups is 1. The monoisotopic (exact) mass is 199 g/mol. The third kappa shape index (κ3) is 2.18. The smallest absolute Gasteiger partial charge is 0.338 e. The van der Waals surface area contributed by atoms with E-state index < -0.39 is 5.97 Å². The Morgan fingerprint density at radius 2 is 2.23 bits per heavy atom. The van der Waals surface area contributed by atoms with Gasteiger partial charge in [0.05, 0.1) is 5.56 Å². The molecule has 1 rings (SSSR count). The van der Waals surface area contributed by atoms with Crippen LogP contribution in [0.1, 0.15) is 35.7 Å². The number of halogens is 1. The molecule has 1 N–H and O–H groups in total. The van der Waals surface area contributed by atoms with Gasteiger partial charge in [0.15, 0.2) is 0 Å². The van der Waals surface area contributed by atoms with E-state index in [1.807, 2.05) is 13.8 Å². The van der Waals surface area contributed by atoms with Gasteiger partial charge in [-0.05, 0) is 17.5 Å². The van der Waals surface area contributed by atoms with Gasteiger partial charge in [0.2, 0.25) is 0 Å². The number of carboxylic acid groups (broad SMARTS) is 1. The summed E-state index contributed by atoms with van der Waals surface area (Å²) in [5.41, 5.74) is 0.940. The third-order valence-electron chi connectivity index (χ3n) is 1.76. The number of rotatable bonds is 2. The van der Waals surface area contributed by atoms with Crippen molar-refractivity contribution >= 4 is 17.6 Å². The van der Waals surface area contributed by atoms with Crippen molar-refractivity contribution in [1.82, 2.24) is 4.98 Å². The molecule has 0 radical (unpaired) electrons. The summed E-state index contributed by atoms with van der Waals surface area (Å²) in [6, 6.07) is 1.56. The van der Waals surface area contributed by atoms with Crippen molar-refractivity contribution in [1.29, 1.82) is 0 Å². The van der Waals surface area contributed by atoms with Crippen molar-refractivity contribution in [2.75, 3.05) is 0 Å². The zero-order chi connectivity index (χ0) is 10.0. The summed E-state index contributed by atoms with van der Waals surface area (Å²) in [5, 5.41) is 8.79. The highest BCUT2D eigenvalue weighted by atomic mass is 35.5. The first-order chi connectivity index (χ1) is 6.02. The highest BCUT2D eigenvalue weighted by molar-refractivity contribution is 6.32. The third-order valence-corrected chi connectivity index (χ3v) is 2.06. The standard InChI is InChI=1S/C9H10ClNO2/c1-5(2)6-3-7(9(12)13)8(10)11-4-6/h3-5H,1-2H3,(H,12,13). The fraction of sp³-hybridized carbons (Fsp3) is 0.333. The Morgan fingerprint density at radius 3 is 2.69 bits per heavy atom. The molecule has 0 amide bonds. The first kappa shape index (κ1) is 9.99. The van der Waals surface area contributed by atoms with Gasteiger partial charge < -0.3 is 5.11 Å². The van der Waals surface area contributed by atoms with Gasteiger partial charge in [-0.1, -0.05) is 25.4 Å². The van der Waals surface area contributed by atoms with Crippen molar-refractivity contribution in [3.8, 4) is 0 Å². The number of aromatic carboxylic acids is 1. The second-order valence-corrected chi connectivity index (χ2v) is 3.42. The van der Waals surface area contributed by atoms with Crippen LogP contribution in [0.5, 0.6) is 0 Å². The molecule has 3 nitrogen and oxygen atoms in total. The molecular weight excluding hydrogens is 190 g/mol. The van der Waals surface area contributed by atoms with Gasteiger partial charge in [0, 0.05) is 6.20 Å². The number of nitrogens with zero attached hydrogens (tertiary/aromatic N) is 1. The van der Waals surface area contributed by atoms with Gasteiger partial charge in [-0.2, -0.15) is 0 Å². The highest BCUT2D eigenvalue weighted by Crippen LogP contribution is 2.19. The van der Waals surface area contributed by atoms with Gasteiger partial charge in [-0.25, -0.2) is 9.78 Å². The second kappa shape index (κ2) is 3.75. The quantitative estimate of drug-likeness (QED) is 0.745. The zero-order valence-electron chi connectivity index (χ0n) is 7.41. The Morgan fingerprint density at radius 1 is 1.62 bits per heavy atom. The minimum atomic E-state index is -1.04. The molecule has 0 aliphatic carbocycles. The molecule has 1 heterocycles. The molecule has 0 fully saturated rings. The lowest BCUT2D eigenvalue weighted by molar-refractivity contribution is 0.0696. The fourth-order valence-electron chi connectivity index (χ4n) is 0.930. The molecule has 13 heavy (non-hydrogen) atoms. The SMILES string of the molecule is CC(C)c1cnc(Cl)c(C(=O)O)c1. The summed E-state index contributed by atoms with van der Waals surface area (Å²) in [6.45, 7) is 3.94. The first-order valence-corrected chi connectivity index (χ1v) is 4.29. The van der Waals surface area contributed by atoms with Crippen LogP contribution in [0.25, 0.3) is 0 Å². The maximum absolute atomic E-state index is 10.7. The van der Waals surface area contributed by atoms with Crippen molar-refractivity contribution in [3.63, 3.8) is 0 Å². The highest BCUT2D eigenvalue weighted by Gasteiger charge is 2.11. The molecule has 0 bridgehead atoms. The normalized spacial score (nSPS) is 10.5.